The van der Waals surface area contributed by atoms with Crippen LogP contribution in [0.5, 0.6) is 0 Å². The van der Waals surface area contributed by atoms with Crippen LogP contribution in [0.2, 0.25) is 0 Å². The van der Waals surface area contributed by atoms with E-state index < -0.39 is 6.10 Å². The van der Waals surface area contributed by atoms with E-state index in [2.05, 4.69) is 69.4 Å². The van der Waals surface area contributed by atoms with Crippen molar-refractivity contribution in [2.45, 2.75) is 258 Å². The van der Waals surface area contributed by atoms with Crippen LogP contribution in [0.4, 0.5) is 0 Å². The Bertz CT molecular complexity index is 1040. The van der Waals surface area contributed by atoms with Crippen molar-refractivity contribution in [2.75, 3.05) is 13.2 Å². The fourth-order valence-corrected chi connectivity index (χ4v) is 7.03. The first-order chi connectivity index (χ1) is 29.0. The van der Waals surface area contributed by atoms with Crippen molar-refractivity contribution < 1.29 is 28.6 Å². The number of esters is 3. The van der Waals surface area contributed by atoms with Crippen LogP contribution in [-0.2, 0) is 28.6 Å². The number of ether oxygens (including phenoxy) is 3. The third-order valence-corrected chi connectivity index (χ3v) is 10.8. The third-order valence-electron chi connectivity index (χ3n) is 10.8. The molecule has 0 saturated carbocycles. The summed E-state index contributed by atoms with van der Waals surface area (Å²) >= 11 is 0. The zero-order valence-electron chi connectivity index (χ0n) is 39.0. The summed E-state index contributed by atoms with van der Waals surface area (Å²) in [6.07, 6.45) is 56.6. The molecule has 0 heterocycles. The topological polar surface area (TPSA) is 78.9 Å². The second-order valence-corrected chi connectivity index (χ2v) is 16.7. The Morgan fingerprint density at radius 2 is 0.678 bits per heavy atom. The summed E-state index contributed by atoms with van der Waals surface area (Å²) in [5.41, 5.74) is 0. The van der Waals surface area contributed by atoms with Crippen molar-refractivity contribution >= 4 is 17.9 Å². The molecule has 0 aliphatic carbocycles. The number of rotatable bonds is 45. The normalized spacial score (nSPS) is 12.4. The van der Waals surface area contributed by atoms with Crippen molar-refractivity contribution in [2.24, 2.45) is 0 Å². The first-order valence-corrected chi connectivity index (χ1v) is 25.1. The van der Waals surface area contributed by atoms with Crippen molar-refractivity contribution in [1.82, 2.24) is 0 Å². The predicted molar refractivity (Wildman–Crippen MR) is 252 cm³/mol. The molecule has 0 aromatic carbocycles. The Morgan fingerprint density at radius 1 is 0.356 bits per heavy atom. The molecule has 0 spiro atoms. The first kappa shape index (κ1) is 56.4. The highest BCUT2D eigenvalue weighted by Crippen LogP contribution is 2.15. The fourth-order valence-electron chi connectivity index (χ4n) is 7.03. The highest BCUT2D eigenvalue weighted by atomic mass is 16.6. The van der Waals surface area contributed by atoms with Crippen LogP contribution in [0.15, 0.2) is 48.6 Å². The van der Waals surface area contributed by atoms with Gasteiger partial charge in [0, 0.05) is 19.3 Å². The van der Waals surface area contributed by atoms with Gasteiger partial charge in [-0.05, 0) is 70.6 Å². The molecule has 6 heteroatoms. The summed E-state index contributed by atoms with van der Waals surface area (Å²) in [7, 11) is 0. The lowest BCUT2D eigenvalue weighted by molar-refractivity contribution is -0.167. The Labute approximate surface area is 365 Å². The van der Waals surface area contributed by atoms with Crippen molar-refractivity contribution in [3.63, 3.8) is 0 Å². The second kappa shape index (κ2) is 48.0. The van der Waals surface area contributed by atoms with Gasteiger partial charge in [0.15, 0.2) is 6.10 Å². The highest BCUT2D eigenvalue weighted by Gasteiger charge is 2.19. The Morgan fingerprint density at radius 3 is 1.10 bits per heavy atom. The SMILES string of the molecule is CC/C=C\C/C=C\C/C=C\CCCCCCCCC(=O)OCC(COC(=O)CCCCCC/C=C\CCCC)OC(=O)CCCCCCCCCCCCCCCCC. The minimum atomic E-state index is -0.778. The van der Waals surface area contributed by atoms with Crippen LogP contribution in [0.25, 0.3) is 0 Å². The molecule has 0 aromatic heterocycles. The third kappa shape index (κ3) is 46.3. The number of hydrogen-bond acceptors (Lipinski definition) is 6. The average molecular weight is 827 g/mol. The van der Waals surface area contributed by atoms with Crippen LogP contribution in [0.1, 0.15) is 252 Å². The highest BCUT2D eigenvalue weighted by molar-refractivity contribution is 5.71. The zero-order chi connectivity index (χ0) is 43.0. The maximum atomic E-state index is 12.8. The van der Waals surface area contributed by atoms with Crippen LogP contribution in [0, 0.1) is 0 Å². The Kier molecular flexibility index (Phi) is 45.9. The molecular weight excluding hydrogens is 733 g/mol. The number of hydrogen-bond donors (Lipinski definition) is 0. The van der Waals surface area contributed by atoms with Gasteiger partial charge in [-0.1, -0.05) is 211 Å². The number of carbonyl (C=O) groups excluding carboxylic acids is 3. The lowest BCUT2D eigenvalue weighted by Crippen LogP contribution is -2.30. The number of carbonyl (C=O) groups is 3. The molecular formula is C53H94O6. The summed E-state index contributed by atoms with van der Waals surface area (Å²) < 4.78 is 16.7. The van der Waals surface area contributed by atoms with E-state index in [1.54, 1.807) is 0 Å². The van der Waals surface area contributed by atoms with E-state index in [1.165, 1.54) is 109 Å². The summed E-state index contributed by atoms with van der Waals surface area (Å²) in [5.74, 6) is -0.901. The maximum absolute atomic E-state index is 12.8. The molecule has 1 unspecified atom stereocenters. The van der Waals surface area contributed by atoms with Crippen molar-refractivity contribution in [3.8, 4) is 0 Å². The van der Waals surface area contributed by atoms with Gasteiger partial charge in [0.25, 0.3) is 0 Å². The second-order valence-electron chi connectivity index (χ2n) is 16.7. The monoisotopic (exact) mass is 827 g/mol. The molecule has 0 fully saturated rings. The zero-order valence-corrected chi connectivity index (χ0v) is 39.0. The van der Waals surface area contributed by atoms with E-state index in [9.17, 15) is 14.4 Å². The quantitative estimate of drug-likeness (QED) is 0.0263. The number of unbranched alkanes of at least 4 members (excludes halogenated alkanes) is 26. The average Bonchev–Trinajstić information content (AvgIpc) is 3.23. The molecule has 0 aromatic rings. The van der Waals surface area contributed by atoms with Gasteiger partial charge in [0.2, 0.25) is 0 Å². The van der Waals surface area contributed by atoms with Crippen LogP contribution in [-0.4, -0.2) is 37.2 Å². The number of allylic oxidation sites excluding steroid dienone is 8. The van der Waals surface area contributed by atoms with E-state index in [0.717, 1.165) is 103 Å². The molecule has 6 nitrogen and oxygen atoms in total. The molecule has 342 valence electrons. The molecule has 0 aliphatic rings. The molecule has 59 heavy (non-hydrogen) atoms. The van der Waals surface area contributed by atoms with E-state index in [1.807, 2.05) is 0 Å². The molecule has 1 atom stereocenters. The van der Waals surface area contributed by atoms with E-state index >= 15 is 0 Å². The standard InChI is InChI=1S/C53H94O6/c1-4-7-10-13-16-19-22-24-26-28-29-31-34-37-40-43-46-52(55)58-49-50(48-57-51(54)45-42-39-36-33-21-18-15-12-9-6-3)59-53(56)47-44-41-38-35-32-30-27-25-23-20-17-14-11-8-5-2/h7,10,15-16,18-19,24,26,50H,4-6,8-9,11-14,17,20-23,25,27-49H2,1-3H3/b10-7-,18-15-,19-16-,26-24-. The van der Waals surface area contributed by atoms with Gasteiger partial charge >= 0.3 is 17.9 Å². The van der Waals surface area contributed by atoms with E-state index in [-0.39, 0.29) is 31.1 Å². The fraction of sp³-hybridized carbons (Fsp3) is 0.792. The largest absolute Gasteiger partial charge is 0.462 e. The molecule has 0 aliphatic heterocycles. The van der Waals surface area contributed by atoms with Gasteiger partial charge in [-0.2, -0.15) is 0 Å². The van der Waals surface area contributed by atoms with Crippen LogP contribution >= 0.6 is 0 Å². The Hall–Kier alpha value is -2.63. The van der Waals surface area contributed by atoms with Crippen molar-refractivity contribution in [3.05, 3.63) is 48.6 Å². The molecule has 0 N–H and O–H groups in total. The summed E-state index contributed by atoms with van der Waals surface area (Å²) in [5, 5.41) is 0. The van der Waals surface area contributed by atoms with Gasteiger partial charge < -0.3 is 14.2 Å². The lowest BCUT2D eigenvalue weighted by Gasteiger charge is -2.18. The van der Waals surface area contributed by atoms with Gasteiger partial charge in [-0.25, -0.2) is 0 Å². The van der Waals surface area contributed by atoms with Gasteiger partial charge in [0.1, 0.15) is 13.2 Å². The lowest BCUT2D eigenvalue weighted by atomic mass is 10.0. The molecule has 0 radical (unpaired) electrons. The maximum Gasteiger partial charge on any atom is 0.306 e. The molecule has 0 amide bonds. The van der Waals surface area contributed by atoms with E-state index in [0.29, 0.717) is 19.3 Å². The van der Waals surface area contributed by atoms with Gasteiger partial charge in [0.05, 0.1) is 0 Å². The predicted octanol–water partition coefficient (Wildman–Crippen LogP) is 16.3. The summed E-state index contributed by atoms with van der Waals surface area (Å²) in [4.78, 5) is 37.9. The van der Waals surface area contributed by atoms with E-state index in [4.69, 9.17) is 14.2 Å². The van der Waals surface area contributed by atoms with Gasteiger partial charge in [-0.15, -0.1) is 0 Å². The van der Waals surface area contributed by atoms with Crippen molar-refractivity contribution in [1.29, 1.82) is 0 Å². The summed E-state index contributed by atoms with van der Waals surface area (Å²) in [6, 6.07) is 0. The molecule has 0 bridgehead atoms. The first-order valence-electron chi connectivity index (χ1n) is 25.1. The van der Waals surface area contributed by atoms with Gasteiger partial charge in [-0.3, -0.25) is 14.4 Å². The van der Waals surface area contributed by atoms with Crippen LogP contribution < -0.4 is 0 Å². The minimum Gasteiger partial charge on any atom is -0.462 e. The summed E-state index contributed by atoms with van der Waals surface area (Å²) in [6.45, 7) is 6.47. The Balaban J connectivity index is 4.36. The molecule has 0 saturated heterocycles. The van der Waals surface area contributed by atoms with Crippen LogP contribution in [0.3, 0.4) is 0 Å². The molecule has 0 rings (SSSR count). The smallest absolute Gasteiger partial charge is 0.306 e. The minimum absolute atomic E-state index is 0.0815.